The number of halogens is 2. The van der Waals surface area contributed by atoms with Gasteiger partial charge in [-0.05, 0) is 35.6 Å². The summed E-state index contributed by atoms with van der Waals surface area (Å²) >= 11 is -0.556. The van der Waals surface area contributed by atoms with Gasteiger partial charge >= 0.3 is 35.6 Å². The second kappa shape index (κ2) is 9.49. The zero-order valence-electron chi connectivity index (χ0n) is 13.8. The number of nitrogens with zero attached hydrogens (tertiary/aromatic N) is 1. The topological polar surface area (TPSA) is 32.6 Å². The molecular weight excluding hydrogens is 365 g/mol. The predicted molar refractivity (Wildman–Crippen MR) is 96.9 cm³/mol. The van der Waals surface area contributed by atoms with E-state index in [9.17, 15) is 5.11 Å². The first-order valence-electron chi connectivity index (χ1n) is 7.19. The van der Waals surface area contributed by atoms with Crippen molar-refractivity contribution >= 4 is 30.5 Å². The number of phenols is 1. The summed E-state index contributed by atoms with van der Waals surface area (Å²) in [4.78, 5) is 4.48. The van der Waals surface area contributed by atoms with Crippen LogP contribution in [0, 0.1) is 6.92 Å². The van der Waals surface area contributed by atoms with E-state index in [2.05, 4.69) is 25.8 Å². The van der Waals surface area contributed by atoms with Crippen LogP contribution in [0.15, 0.2) is 47.5 Å². The van der Waals surface area contributed by atoms with E-state index >= 15 is 0 Å². The quantitative estimate of drug-likeness (QED) is 0.489. The van der Waals surface area contributed by atoms with Crippen LogP contribution < -0.4 is 0 Å². The summed E-state index contributed by atoms with van der Waals surface area (Å²) in [6.45, 7) is 8.29. The summed E-state index contributed by atoms with van der Waals surface area (Å²) in [6, 6.07) is 13.7. The second-order valence-corrected chi connectivity index (χ2v) is 8.69. The van der Waals surface area contributed by atoms with E-state index in [1.54, 1.807) is 6.21 Å². The maximum absolute atomic E-state index is 10.4. The molecule has 0 bridgehead atoms. The zero-order chi connectivity index (χ0) is 17.5. The van der Waals surface area contributed by atoms with Crippen molar-refractivity contribution in [1.29, 1.82) is 0 Å². The molecule has 0 saturated heterocycles. The number of phenolic OH excluding ortho intramolecular Hbond substituents is 1. The van der Waals surface area contributed by atoms with Crippen LogP contribution in [-0.4, -0.2) is 11.3 Å². The Labute approximate surface area is 155 Å². The van der Waals surface area contributed by atoms with Gasteiger partial charge < -0.3 is 5.11 Å². The van der Waals surface area contributed by atoms with Gasteiger partial charge in [0.1, 0.15) is 5.75 Å². The van der Waals surface area contributed by atoms with Crippen LogP contribution >= 0.6 is 18.6 Å². The molecule has 0 amide bonds. The molecule has 122 valence electrons. The van der Waals surface area contributed by atoms with Gasteiger partial charge in [0.25, 0.3) is 0 Å². The van der Waals surface area contributed by atoms with Gasteiger partial charge in [-0.1, -0.05) is 51.1 Å². The van der Waals surface area contributed by atoms with Crippen LogP contribution in [-0.2, 0) is 22.4 Å². The number of aryl methyl sites for hydroxylation is 1. The normalized spacial score (nSPS) is 11.0. The molecule has 23 heavy (non-hydrogen) atoms. The average molecular weight is 386 g/mol. The standard InChI is InChI=1S/C18H21NO.2ClH.Ti/c1-13-8-5-6-11-16(13)19-12-14-9-7-10-15(17(14)20)18(2,3)4;;;/h5-12,20H,1-4H3;2*1H;/q;;;+2/p-2. The van der Waals surface area contributed by atoms with Gasteiger partial charge in [0, 0.05) is 11.8 Å². The number of hydrogen-bond acceptors (Lipinski definition) is 2. The minimum atomic E-state index is -0.556. The number of aliphatic imine (C=N–C) groups is 1. The summed E-state index contributed by atoms with van der Waals surface area (Å²) < 4.78 is 0. The van der Waals surface area contributed by atoms with E-state index in [4.69, 9.17) is 18.6 Å². The molecule has 0 unspecified atom stereocenters. The van der Waals surface area contributed by atoms with E-state index < -0.39 is 17.0 Å². The third kappa shape index (κ3) is 6.31. The molecule has 5 heteroatoms. The first-order valence-corrected chi connectivity index (χ1v) is 11.5. The molecule has 0 spiro atoms. The molecule has 0 aliphatic rings. The van der Waals surface area contributed by atoms with Crippen LogP contribution in [0.2, 0.25) is 0 Å². The van der Waals surface area contributed by atoms with Crippen molar-refractivity contribution < 1.29 is 22.1 Å². The molecule has 2 nitrogen and oxygen atoms in total. The van der Waals surface area contributed by atoms with Gasteiger partial charge in [-0.15, -0.1) is 0 Å². The number of para-hydroxylation sites is 2. The Morgan fingerprint density at radius 3 is 2.22 bits per heavy atom. The minimum absolute atomic E-state index is 0.0867. The fourth-order valence-electron chi connectivity index (χ4n) is 2.12. The molecule has 1 N–H and O–H groups in total. The van der Waals surface area contributed by atoms with Crippen LogP contribution in [0.4, 0.5) is 5.69 Å². The Kier molecular flexibility index (Phi) is 8.35. The summed E-state index contributed by atoms with van der Waals surface area (Å²) in [5, 5.41) is 10.4. The van der Waals surface area contributed by atoms with Crippen molar-refractivity contribution in [2.24, 2.45) is 4.99 Å². The van der Waals surface area contributed by atoms with Gasteiger partial charge in [-0.2, -0.15) is 0 Å². The van der Waals surface area contributed by atoms with Crippen molar-refractivity contribution in [3.63, 3.8) is 0 Å². The number of rotatable bonds is 2. The van der Waals surface area contributed by atoms with Gasteiger partial charge in [0.05, 0.1) is 5.69 Å². The SMILES string of the molecule is Cc1ccccc1N=Cc1cccc(C(C)(C)C)c1O.[Cl][Ti][Cl]. The Morgan fingerprint density at radius 2 is 1.65 bits per heavy atom. The van der Waals surface area contributed by atoms with Crippen molar-refractivity contribution in [2.75, 3.05) is 0 Å². The Bertz CT molecular complexity index is 666. The van der Waals surface area contributed by atoms with E-state index in [1.165, 1.54) is 0 Å². The van der Waals surface area contributed by atoms with Crippen molar-refractivity contribution in [3.8, 4) is 5.75 Å². The van der Waals surface area contributed by atoms with Crippen molar-refractivity contribution in [2.45, 2.75) is 33.1 Å². The molecule has 2 rings (SSSR count). The van der Waals surface area contributed by atoms with Gasteiger partial charge in [0.15, 0.2) is 0 Å². The molecular formula is C18H21Cl2NOTi. The molecule has 0 aromatic heterocycles. The van der Waals surface area contributed by atoms with E-state index in [0.717, 1.165) is 22.4 Å². The van der Waals surface area contributed by atoms with E-state index in [0.29, 0.717) is 5.75 Å². The summed E-state index contributed by atoms with van der Waals surface area (Å²) in [7, 11) is 9.78. The van der Waals surface area contributed by atoms with Gasteiger partial charge in [0.2, 0.25) is 0 Å². The van der Waals surface area contributed by atoms with Crippen molar-refractivity contribution in [3.05, 3.63) is 59.2 Å². The Hall–Kier alpha value is -0.796. The van der Waals surface area contributed by atoms with Gasteiger partial charge in [-0.3, -0.25) is 4.99 Å². The third-order valence-electron chi connectivity index (χ3n) is 3.33. The number of aromatic hydroxyl groups is 1. The molecule has 0 radical (unpaired) electrons. The van der Waals surface area contributed by atoms with E-state index in [1.807, 2.05) is 49.4 Å². The van der Waals surface area contributed by atoms with Crippen molar-refractivity contribution in [1.82, 2.24) is 0 Å². The molecule has 0 saturated carbocycles. The first-order chi connectivity index (χ1) is 10.8. The monoisotopic (exact) mass is 385 g/mol. The van der Waals surface area contributed by atoms with Crippen LogP contribution in [0.5, 0.6) is 5.75 Å². The number of hydrogen-bond donors (Lipinski definition) is 1. The summed E-state index contributed by atoms with van der Waals surface area (Å²) in [5.41, 5.74) is 3.64. The maximum atomic E-state index is 10.4. The summed E-state index contributed by atoms with van der Waals surface area (Å²) in [6.07, 6.45) is 1.73. The fraction of sp³-hybridized carbons (Fsp3) is 0.278. The molecule has 2 aromatic carbocycles. The molecule has 0 fully saturated rings. The van der Waals surface area contributed by atoms with E-state index in [-0.39, 0.29) is 5.41 Å². The van der Waals surface area contributed by atoms with Crippen LogP contribution in [0.25, 0.3) is 0 Å². The third-order valence-corrected chi connectivity index (χ3v) is 3.33. The second-order valence-electron chi connectivity index (χ2n) is 6.11. The first kappa shape index (κ1) is 20.2. The fourth-order valence-corrected chi connectivity index (χ4v) is 2.12. The molecule has 0 heterocycles. The predicted octanol–water partition coefficient (Wildman–Crippen LogP) is 6.13. The van der Waals surface area contributed by atoms with Gasteiger partial charge in [-0.25, -0.2) is 0 Å². The van der Waals surface area contributed by atoms with Crippen LogP contribution in [0.1, 0.15) is 37.5 Å². The Balaban J connectivity index is 0.000000816. The van der Waals surface area contributed by atoms with Crippen LogP contribution in [0.3, 0.4) is 0 Å². The molecule has 0 atom stereocenters. The Morgan fingerprint density at radius 1 is 1.04 bits per heavy atom. The molecule has 2 aromatic rings. The summed E-state index contributed by atoms with van der Waals surface area (Å²) in [5.74, 6) is 0.317. The molecule has 0 aliphatic carbocycles. The average Bonchev–Trinajstić information content (AvgIpc) is 2.47. The zero-order valence-corrected chi connectivity index (χ0v) is 16.8. The number of benzene rings is 2. The molecule has 0 aliphatic heterocycles.